The summed E-state index contributed by atoms with van der Waals surface area (Å²) in [7, 11) is 0. The summed E-state index contributed by atoms with van der Waals surface area (Å²) < 4.78 is 0. The lowest BCUT2D eigenvalue weighted by Gasteiger charge is -2.20. The van der Waals surface area contributed by atoms with Crippen LogP contribution in [0.25, 0.3) is 0 Å². The van der Waals surface area contributed by atoms with Crippen molar-refractivity contribution in [3.8, 4) is 0 Å². The molecule has 0 aromatic rings. The molecule has 1 aliphatic rings. The maximum absolute atomic E-state index is 10.7. The van der Waals surface area contributed by atoms with Crippen molar-refractivity contribution in [1.82, 2.24) is 0 Å². The van der Waals surface area contributed by atoms with Gasteiger partial charge in [-0.3, -0.25) is 9.59 Å². The third-order valence-electron chi connectivity index (χ3n) is 2.14. The molecule has 0 fully saturated rings. The van der Waals surface area contributed by atoms with E-state index in [0.29, 0.717) is 11.9 Å². The first-order valence-electron chi connectivity index (χ1n) is 4.00. The van der Waals surface area contributed by atoms with E-state index in [1.54, 1.807) is 0 Å². The molecule has 0 bridgehead atoms. The van der Waals surface area contributed by atoms with Crippen LogP contribution in [0, 0.1) is 5.92 Å². The highest BCUT2D eigenvalue weighted by atomic mass is 35.5. The maximum Gasteiger partial charge on any atom is 0.307 e. The number of carbonyl (C=O) groups is 2. The van der Waals surface area contributed by atoms with E-state index in [1.807, 2.05) is 0 Å². The fourth-order valence-corrected chi connectivity index (χ4v) is 1.62. The minimum absolute atomic E-state index is 0.120. The molecule has 1 unspecified atom stereocenters. The molecule has 0 saturated carbocycles. The molecule has 0 aromatic carbocycles. The number of aliphatic carboxylic acids is 1. The minimum atomic E-state index is -0.993. The van der Waals surface area contributed by atoms with Crippen LogP contribution in [0.15, 0.2) is 22.4 Å². The molecule has 1 atom stereocenters. The predicted molar refractivity (Wildman–Crippen MR) is 50.0 cm³/mol. The van der Waals surface area contributed by atoms with Gasteiger partial charge in [0.1, 0.15) is 6.29 Å². The van der Waals surface area contributed by atoms with Crippen LogP contribution < -0.4 is 0 Å². The Morgan fingerprint density at radius 2 is 2.14 bits per heavy atom. The van der Waals surface area contributed by atoms with Gasteiger partial charge in [0.05, 0.1) is 17.2 Å². The van der Waals surface area contributed by atoms with Crippen molar-refractivity contribution >= 4 is 23.9 Å². The first kappa shape index (κ1) is 10.8. The van der Waals surface area contributed by atoms with Crippen LogP contribution in [0.3, 0.4) is 0 Å². The number of hydrogen-bond acceptors (Lipinski definition) is 3. The van der Waals surface area contributed by atoms with E-state index in [4.69, 9.17) is 21.8 Å². The zero-order valence-corrected chi connectivity index (χ0v) is 7.99. The Morgan fingerprint density at radius 3 is 2.57 bits per heavy atom. The van der Waals surface area contributed by atoms with Gasteiger partial charge in [-0.05, 0) is 12.8 Å². The van der Waals surface area contributed by atoms with Crippen LogP contribution in [0.5, 0.6) is 0 Å². The Morgan fingerprint density at radius 1 is 1.50 bits per heavy atom. The molecule has 1 rings (SSSR count). The van der Waals surface area contributed by atoms with Crippen molar-refractivity contribution in [3.05, 3.63) is 22.4 Å². The third-order valence-corrected chi connectivity index (χ3v) is 2.63. The SMILES string of the molecule is O=CC1=C(Cl)/C(=C/O)CC(C(=O)O)C1. The van der Waals surface area contributed by atoms with Crippen molar-refractivity contribution < 1.29 is 19.8 Å². The molecule has 0 radical (unpaired) electrons. The standard InChI is InChI=1S/C9H9ClO4/c10-8-6(3-11)1-5(9(13)14)2-7(8)4-12/h3-5,11H,1-2H2,(H,13,14)/b6-3+. The molecule has 0 spiro atoms. The average molecular weight is 217 g/mol. The van der Waals surface area contributed by atoms with Crippen molar-refractivity contribution in [2.75, 3.05) is 0 Å². The summed E-state index contributed by atoms with van der Waals surface area (Å²) in [5.74, 6) is -1.68. The molecule has 0 aromatic heterocycles. The first-order chi connectivity index (χ1) is 6.60. The maximum atomic E-state index is 10.7. The van der Waals surface area contributed by atoms with E-state index in [-0.39, 0.29) is 23.4 Å². The fraction of sp³-hybridized carbons (Fsp3) is 0.333. The monoisotopic (exact) mass is 216 g/mol. The predicted octanol–water partition coefficient (Wildman–Crippen LogP) is 1.61. The van der Waals surface area contributed by atoms with Gasteiger partial charge < -0.3 is 10.2 Å². The van der Waals surface area contributed by atoms with E-state index < -0.39 is 11.9 Å². The molecule has 0 aliphatic heterocycles. The number of carbonyl (C=O) groups excluding carboxylic acids is 1. The topological polar surface area (TPSA) is 74.6 Å². The Hall–Kier alpha value is -1.29. The summed E-state index contributed by atoms with van der Waals surface area (Å²) in [6.45, 7) is 0. The van der Waals surface area contributed by atoms with Crippen LogP contribution >= 0.6 is 11.6 Å². The lowest BCUT2D eigenvalue weighted by molar-refractivity contribution is -0.141. The number of aliphatic hydroxyl groups is 1. The summed E-state index contributed by atoms with van der Waals surface area (Å²) in [5, 5.41) is 17.7. The largest absolute Gasteiger partial charge is 0.515 e. The number of carboxylic acid groups (broad SMARTS) is 1. The number of aliphatic hydroxyl groups excluding tert-OH is 1. The van der Waals surface area contributed by atoms with Crippen molar-refractivity contribution in [1.29, 1.82) is 0 Å². The summed E-state index contributed by atoms with van der Waals surface area (Å²) in [4.78, 5) is 21.2. The van der Waals surface area contributed by atoms with Crippen LogP contribution in [-0.2, 0) is 9.59 Å². The van der Waals surface area contributed by atoms with Gasteiger partial charge in [0.2, 0.25) is 0 Å². The van der Waals surface area contributed by atoms with Crippen LogP contribution in [0.1, 0.15) is 12.8 Å². The molecular weight excluding hydrogens is 208 g/mol. The van der Waals surface area contributed by atoms with Crippen LogP contribution in [-0.4, -0.2) is 22.5 Å². The van der Waals surface area contributed by atoms with Gasteiger partial charge in [0.15, 0.2) is 0 Å². The Balaban J connectivity index is 3.04. The van der Waals surface area contributed by atoms with Gasteiger partial charge in [0, 0.05) is 11.1 Å². The smallest absolute Gasteiger partial charge is 0.307 e. The second-order valence-corrected chi connectivity index (χ2v) is 3.43. The molecule has 0 saturated heterocycles. The lowest BCUT2D eigenvalue weighted by Crippen LogP contribution is -2.20. The molecular formula is C9H9ClO4. The molecule has 5 heteroatoms. The van der Waals surface area contributed by atoms with Crippen LogP contribution in [0.2, 0.25) is 0 Å². The van der Waals surface area contributed by atoms with E-state index in [0.717, 1.165) is 6.26 Å². The number of halogens is 1. The minimum Gasteiger partial charge on any atom is -0.515 e. The van der Waals surface area contributed by atoms with Gasteiger partial charge in [0.25, 0.3) is 0 Å². The average Bonchev–Trinajstić information content (AvgIpc) is 2.17. The normalized spacial score (nSPS) is 25.2. The van der Waals surface area contributed by atoms with Crippen molar-refractivity contribution in [2.45, 2.75) is 12.8 Å². The molecule has 76 valence electrons. The van der Waals surface area contributed by atoms with E-state index in [9.17, 15) is 9.59 Å². The Labute approximate surface area is 85.5 Å². The zero-order valence-electron chi connectivity index (χ0n) is 7.24. The third kappa shape index (κ3) is 1.96. The van der Waals surface area contributed by atoms with Gasteiger partial charge in [-0.25, -0.2) is 0 Å². The van der Waals surface area contributed by atoms with Gasteiger partial charge in [-0.15, -0.1) is 0 Å². The van der Waals surface area contributed by atoms with Crippen molar-refractivity contribution in [3.63, 3.8) is 0 Å². The summed E-state index contributed by atoms with van der Waals surface area (Å²) in [6, 6.07) is 0. The van der Waals surface area contributed by atoms with Gasteiger partial charge in [-0.2, -0.15) is 0 Å². The van der Waals surface area contributed by atoms with Gasteiger partial charge >= 0.3 is 5.97 Å². The quantitative estimate of drug-likeness (QED) is 0.543. The molecule has 4 nitrogen and oxygen atoms in total. The van der Waals surface area contributed by atoms with E-state index in [1.165, 1.54) is 0 Å². The first-order valence-corrected chi connectivity index (χ1v) is 4.38. The highest BCUT2D eigenvalue weighted by Gasteiger charge is 2.28. The van der Waals surface area contributed by atoms with Crippen LogP contribution in [0.4, 0.5) is 0 Å². The number of rotatable bonds is 2. The summed E-state index contributed by atoms with van der Waals surface area (Å²) in [6.07, 6.45) is 1.55. The van der Waals surface area contributed by atoms with Crippen molar-refractivity contribution in [2.24, 2.45) is 5.92 Å². The molecule has 1 aliphatic carbocycles. The Bertz CT molecular complexity index is 330. The fourth-order valence-electron chi connectivity index (χ4n) is 1.37. The molecule has 14 heavy (non-hydrogen) atoms. The Kier molecular flexibility index (Phi) is 3.30. The number of aldehydes is 1. The van der Waals surface area contributed by atoms with E-state index >= 15 is 0 Å². The highest BCUT2D eigenvalue weighted by molar-refractivity contribution is 6.33. The summed E-state index contributed by atoms with van der Waals surface area (Å²) >= 11 is 5.75. The second kappa shape index (κ2) is 4.28. The lowest BCUT2D eigenvalue weighted by atomic mass is 9.86. The highest BCUT2D eigenvalue weighted by Crippen LogP contribution is 2.34. The summed E-state index contributed by atoms with van der Waals surface area (Å²) in [5.41, 5.74) is 0.526. The zero-order chi connectivity index (χ0) is 10.7. The molecule has 2 N–H and O–H groups in total. The number of hydrogen-bond donors (Lipinski definition) is 2. The van der Waals surface area contributed by atoms with E-state index in [2.05, 4.69) is 0 Å². The number of allylic oxidation sites excluding steroid dienone is 3. The molecule has 0 amide bonds. The molecule has 0 heterocycles. The second-order valence-electron chi connectivity index (χ2n) is 3.05. The number of carboxylic acids is 1. The van der Waals surface area contributed by atoms with Gasteiger partial charge in [-0.1, -0.05) is 11.6 Å².